The van der Waals surface area contributed by atoms with E-state index in [1.807, 2.05) is 29.5 Å². The van der Waals surface area contributed by atoms with Crippen LogP contribution in [-0.2, 0) is 6.42 Å². The molecule has 0 aliphatic rings. The fourth-order valence-corrected chi connectivity index (χ4v) is 3.66. The highest BCUT2D eigenvalue weighted by Crippen LogP contribution is 2.29. The summed E-state index contributed by atoms with van der Waals surface area (Å²) >= 11 is 1.81. The number of anilines is 1. The average Bonchev–Trinajstić information content (AvgIpc) is 2.88. The van der Waals surface area contributed by atoms with Crippen LogP contribution in [0.4, 0.5) is 5.95 Å². The van der Waals surface area contributed by atoms with E-state index in [1.54, 1.807) is 6.07 Å². The predicted octanol–water partition coefficient (Wildman–Crippen LogP) is 4.03. The number of hydrogen-bond donors (Lipinski definition) is 2. The minimum absolute atomic E-state index is 0.105. The molecule has 0 bridgehead atoms. The van der Waals surface area contributed by atoms with Crippen molar-refractivity contribution >= 4 is 28.2 Å². The van der Waals surface area contributed by atoms with Crippen molar-refractivity contribution in [1.82, 2.24) is 9.97 Å². The van der Waals surface area contributed by atoms with Gasteiger partial charge in [-0.3, -0.25) is 9.78 Å². The fourth-order valence-electron chi connectivity index (χ4n) is 2.54. The van der Waals surface area contributed by atoms with Gasteiger partial charge in [-0.05, 0) is 44.0 Å². The molecule has 114 valence electrons. The van der Waals surface area contributed by atoms with Crippen molar-refractivity contribution in [3.63, 3.8) is 0 Å². The summed E-state index contributed by atoms with van der Waals surface area (Å²) in [5.74, 6) is 0.514. The second kappa shape index (κ2) is 5.93. The third kappa shape index (κ3) is 2.76. The molecule has 1 atom stereocenters. The molecule has 0 aliphatic carbocycles. The lowest BCUT2D eigenvalue weighted by molar-refractivity contribution is 0.880. The lowest BCUT2D eigenvalue weighted by Gasteiger charge is -2.12. The lowest BCUT2D eigenvalue weighted by Crippen LogP contribution is -2.15. The number of hydrogen-bond acceptors (Lipinski definition) is 4. The third-order valence-corrected chi connectivity index (χ3v) is 5.32. The van der Waals surface area contributed by atoms with Gasteiger partial charge in [0.1, 0.15) is 0 Å². The minimum Gasteiger partial charge on any atom is -0.348 e. The van der Waals surface area contributed by atoms with Crippen molar-refractivity contribution < 1.29 is 0 Å². The Kier molecular flexibility index (Phi) is 3.98. The van der Waals surface area contributed by atoms with Crippen LogP contribution in [0.5, 0.6) is 0 Å². The number of rotatable bonds is 4. The number of nitrogens with one attached hydrogen (secondary N) is 2. The van der Waals surface area contributed by atoms with Gasteiger partial charge in [-0.1, -0.05) is 19.1 Å². The zero-order valence-corrected chi connectivity index (χ0v) is 13.8. The maximum atomic E-state index is 12.1. The van der Waals surface area contributed by atoms with E-state index in [1.165, 1.54) is 15.3 Å². The van der Waals surface area contributed by atoms with Gasteiger partial charge in [0, 0.05) is 9.75 Å². The summed E-state index contributed by atoms with van der Waals surface area (Å²) in [5.41, 5.74) is 1.92. The van der Waals surface area contributed by atoms with Gasteiger partial charge >= 0.3 is 0 Å². The molecule has 3 aromatic rings. The van der Waals surface area contributed by atoms with Gasteiger partial charge in [-0.15, -0.1) is 11.3 Å². The highest BCUT2D eigenvalue weighted by Gasteiger charge is 2.12. The monoisotopic (exact) mass is 313 g/mol. The molecule has 4 nitrogen and oxygen atoms in total. The van der Waals surface area contributed by atoms with Crippen LogP contribution in [0, 0.1) is 6.92 Å². The molecule has 0 spiro atoms. The first kappa shape index (κ1) is 14.8. The molecule has 0 radical (unpaired) electrons. The number of aryl methyl sites for hydroxylation is 2. The molecular formula is C17H19N3OS. The number of fused-ring (bicyclic) bond motifs is 1. The van der Waals surface area contributed by atoms with Gasteiger partial charge in [-0.25, -0.2) is 4.98 Å². The van der Waals surface area contributed by atoms with Crippen LogP contribution in [0.1, 0.15) is 35.2 Å². The summed E-state index contributed by atoms with van der Waals surface area (Å²) in [5, 5.41) is 3.91. The maximum absolute atomic E-state index is 12.1. The first-order chi connectivity index (χ1) is 10.6. The van der Waals surface area contributed by atoms with Crippen LogP contribution >= 0.6 is 11.3 Å². The average molecular weight is 313 g/mol. The van der Waals surface area contributed by atoms with Crippen LogP contribution in [0.3, 0.4) is 0 Å². The second-order valence-electron chi connectivity index (χ2n) is 5.41. The van der Waals surface area contributed by atoms with E-state index in [0.717, 1.165) is 6.42 Å². The number of para-hydroxylation sites is 1. The molecule has 2 aromatic heterocycles. The minimum atomic E-state index is -0.114. The second-order valence-corrected chi connectivity index (χ2v) is 6.57. The number of aromatic nitrogens is 2. The van der Waals surface area contributed by atoms with E-state index in [9.17, 15) is 4.79 Å². The molecule has 0 saturated heterocycles. The van der Waals surface area contributed by atoms with Gasteiger partial charge in [0.05, 0.1) is 16.9 Å². The molecule has 0 saturated carbocycles. The standard InChI is InChI=1S/C17H19N3OS/c1-4-14-10(2)9-15(22-14)11(3)18-17-19-13-8-6-5-7-12(13)16(21)20-17/h5-9,11H,4H2,1-3H3,(H2,18,19,20,21). The van der Waals surface area contributed by atoms with Gasteiger partial charge in [0.15, 0.2) is 0 Å². The normalized spacial score (nSPS) is 12.5. The summed E-state index contributed by atoms with van der Waals surface area (Å²) < 4.78 is 0. The molecule has 1 aromatic carbocycles. The highest BCUT2D eigenvalue weighted by atomic mass is 32.1. The Morgan fingerprint density at radius 1 is 1.36 bits per heavy atom. The molecule has 2 N–H and O–H groups in total. The van der Waals surface area contributed by atoms with Crippen LogP contribution in [-0.4, -0.2) is 9.97 Å². The van der Waals surface area contributed by atoms with Crippen LogP contribution in [0.2, 0.25) is 0 Å². The Labute approximate surface area is 133 Å². The number of nitrogens with zero attached hydrogens (tertiary/aromatic N) is 1. The Morgan fingerprint density at radius 2 is 2.14 bits per heavy atom. The molecule has 2 heterocycles. The maximum Gasteiger partial charge on any atom is 0.260 e. The predicted molar refractivity (Wildman–Crippen MR) is 92.8 cm³/mol. The van der Waals surface area contributed by atoms with Crippen molar-refractivity contribution in [2.45, 2.75) is 33.2 Å². The zero-order chi connectivity index (χ0) is 15.7. The van der Waals surface area contributed by atoms with Crippen LogP contribution in [0.25, 0.3) is 10.9 Å². The Bertz CT molecular complexity index is 866. The van der Waals surface area contributed by atoms with Crippen molar-refractivity contribution in [3.05, 3.63) is 56.0 Å². The summed E-state index contributed by atoms with van der Waals surface area (Å²) in [6, 6.07) is 9.68. The molecule has 1 unspecified atom stereocenters. The number of H-pyrrole nitrogens is 1. The lowest BCUT2D eigenvalue weighted by atomic mass is 10.2. The van der Waals surface area contributed by atoms with Crippen molar-refractivity contribution in [2.75, 3.05) is 5.32 Å². The number of thiophene rings is 1. The zero-order valence-electron chi connectivity index (χ0n) is 12.9. The van der Waals surface area contributed by atoms with Crippen LogP contribution < -0.4 is 10.9 Å². The van der Waals surface area contributed by atoms with Crippen LogP contribution in [0.15, 0.2) is 35.1 Å². The summed E-state index contributed by atoms with van der Waals surface area (Å²) in [6.45, 7) is 6.39. The quantitative estimate of drug-likeness (QED) is 0.764. The summed E-state index contributed by atoms with van der Waals surface area (Å²) in [6.07, 6.45) is 1.05. The van der Waals surface area contributed by atoms with E-state index in [2.05, 4.69) is 42.1 Å². The largest absolute Gasteiger partial charge is 0.348 e. The molecular weight excluding hydrogens is 294 g/mol. The van der Waals surface area contributed by atoms with Crippen molar-refractivity contribution in [2.24, 2.45) is 0 Å². The first-order valence-electron chi connectivity index (χ1n) is 7.43. The molecule has 0 fully saturated rings. The fraction of sp³-hybridized carbons (Fsp3) is 0.294. The van der Waals surface area contributed by atoms with E-state index < -0.39 is 0 Å². The van der Waals surface area contributed by atoms with Gasteiger partial charge in [0.2, 0.25) is 5.95 Å². The van der Waals surface area contributed by atoms with Gasteiger partial charge < -0.3 is 5.32 Å². The Hall–Kier alpha value is -2.14. The molecule has 0 amide bonds. The van der Waals surface area contributed by atoms with E-state index in [0.29, 0.717) is 16.9 Å². The summed E-state index contributed by atoms with van der Waals surface area (Å²) in [7, 11) is 0. The van der Waals surface area contributed by atoms with Crippen molar-refractivity contribution in [1.29, 1.82) is 0 Å². The van der Waals surface area contributed by atoms with E-state index in [4.69, 9.17) is 0 Å². The number of benzene rings is 1. The molecule has 3 rings (SSSR count). The third-order valence-electron chi connectivity index (χ3n) is 3.75. The molecule has 0 aliphatic heterocycles. The molecule has 22 heavy (non-hydrogen) atoms. The van der Waals surface area contributed by atoms with E-state index >= 15 is 0 Å². The topological polar surface area (TPSA) is 57.8 Å². The molecule has 5 heteroatoms. The SMILES string of the molecule is CCc1sc(C(C)Nc2nc3ccccc3c(=O)[nH]2)cc1C. The van der Waals surface area contributed by atoms with Gasteiger partial charge in [-0.2, -0.15) is 0 Å². The van der Waals surface area contributed by atoms with Gasteiger partial charge in [0.25, 0.3) is 5.56 Å². The number of aromatic amines is 1. The highest BCUT2D eigenvalue weighted by molar-refractivity contribution is 7.12. The van der Waals surface area contributed by atoms with E-state index in [-0.39, 0.29) is 11.6 Å². The Balaban J connectivity index is 1.90. The summed E-state index contributed by atoms with van der Waals surface area (Å²) in [4.78, 5) is 22.1. The smallest absolute Gasteiger partial charge is 0.260 e. The Morgan fingerprint density at radius 3 is 2.86 bits per heavy atom. The van der Waals surface area contributed by atoms with Crippen molar-refractivity contribution in [3.8, 4) is 0 Å². The first-order valence-corrected chi connectivity index (χ1v) is 8.25.